The van der Waals surface area contributed by atoms with Gasteiger partial charge in [0, 0.05) is 18.1 Å². The van der Waals surface area contributed by atoms with Crippen LogP contribution in [0.4, 0.5) is 5.82 Å². The molecule has 2 amide bonds. The zero-order valence-electron chi connectivity index (χ0n) is 14.1. The van der Waals surface area contributed by atoms with Crippen LogP contribution in [0.2, 0.25) is 0 Å². The van der Waals surface area contributed by atoms with Gasteiger partial charge in [0.25, 0.3) is 5.91 Å². The molecule has 9 nitrogen and oxygen atoms in total. The summed E-state index contributed by atoms with van der Waals surface area (Å²) in [6.45, 7) is 1.79. The Bertz CT molecular complexity index is 870. The summed E-state index contributed by atoms with van der Waals surface area (Å²) in [5.41, 5.74) is 12.1. The molecule has 3 rings (SSSR count). The average Bonchev–Trinajstić information content (AvgIpc) is 2.60. The Morgan fingerprint density at radius 3 is 2.77 bits per heavy atom. The molecule has 1 aliphatic heterocycles. The van der Waals surface area contributed by atoms with Crippen LogP contribution in [0.1, 0.15) is 23.0 Å². The van der Waals surface area contributed by atoms with Crippen LogP contribution in [-0.4, -0.2) is 45.6 Å². The van der Waals surface area contributed by atoms with Gasteiger partial charge >= 0.3 is 0 Å². The second-order valence-corrected chi connectivity index (χ2v) is 6.09. The third-order valence-corrected chi connectivity index (χ3v) is 3.98. The van der Waals surface area contributed by atoms with Crippen LogP contribution in [0.15, 0.2) is 24.3 Å². The number of primary amides is 2. The maximum Gasteiger partial charge on any atom is 0.267 e. The van der Waals surface area contributed by atoms with Gasteiger partial charge in [-0.25, -0.2) is 9.97 Å². The Hall–Kier alpha value is -3.20. The summed E-state index contributed by atoms with van der Waals surface area (Å²) in [6, 6.07) is 5.99. The Balaban J connectivity index is 2.00. The molecule has 136 valence electrons. The van der Waals surface area contributed by atoms with E-state index in [1.54, 1.807) is 19.1 Å². The van der Waals surface area contributed by atoms with Crippen molar-refractivity contribution in [2.24, 2.45) is 11.5 Å². The second-order valence-electron chi connectivity index (χ2n) is 6.09. The van der Waals surface area contributed by atoms with Crippen molar-refractivity contribution < 1.29 is 19.4 Å². The molecule has 2 atom stereocenters. The van der Waals surface area contributed by atoms with E-state index in [0.717, 1.165) is 5.56 Å². The summed E-state index contributed by atoms with van der Waals surface area (Å²) < 4.78 is 5.53. The molecule has 0 saturated heterocycles. The first-order valence-corrected chi connectivity index (χ1v) is 8.02. The normalized spacial score (nSPS) is 16.9. The van der Waals surface area contributed by atoms with Gasteiger partial charge in [0.05, 0.1) is 6.10 Å². The molecule has 26 heavy (non-hydrogen) atoms. The van der Waals surface area contributed by atoms with Crippen LogP contribution < -0.4 is 21.5 Å². The van der Waals surface area contributed by atoms with Crippen LogP contribution in [0.5, 0.6) is 5.75 Å². The van der Waals surface area contributed by atoms with Gasteiger partial charge in [-0.2, -0.15) is 0 Å². The minimum atomic E-state index is -0.722. The first kappa shape index (κ1) is 17.6. The highest BCUT2D eigenvalue weighted by Gasteiger charge is 2.20. The maximum absolute atomic E-state index is 11.6. The monoisotopic (exact) mass is 357 g/mol. The summed E-state index contributed by atoms with van der Waals surface area (Å²) in [7, 11) is 0. The van der Waals surface area contributed by atoms with Gasteiger partial charge < -0.3 is 26.6 Å². The van der Waals surface area contributed by atoms with Crippen molar-refractivity contribution in [3.63, 3.8) is 0 Å². The maximum atomic E-state index is 11.6. The highest BCUT2D eigenvalue weighted by atomic mass is 16.5. The standard InChI is InChI=1S/C17H19N5O4/c1-8(15(18)24)20-14-6-12(16(19)25)21-17(22-14)10-3-2-9-4-11(23)7-26-13(9)5-10/h2-3,5-6,8,11,23H,4,7H2,1H3,(H2,18,24)(H2,19,25)(H,20,21,22)/t8?,11-/m1/s1. The van der Waals surface area contributed by atoms with Crippen LogP contribution in [0.25, 0.3) is 11.4 Å². The number of carbonyl (C=O) groups excluding carboxylic acids is 2. The van der Waals surface area contributed by atoms with Crippen molar-refractivity contribution >= 4 is 17.6 Å². The summed E-state index contributed by atoms with van der Waals surface area (Å²) in [5.74, 6) is -0.157. The second kappa shape index (κ2) is 6.96. The zero-order chi connectivity index (χ0) is 18.8. The van der Waals surface area contributed by atoms with Crippen LogP contribution >= 0.6 is 0 Å². The molecule has 1 aromatic heterocycles. The number of carbonyl (C=O) groups is 2. The van der Waals surface area contributed by atoms with Gasteiger partial charge in [0.2, 0.25) is 5.91 Å². The summed E-state index contributed by atoms with van der Waals surface area (Å²) in [5, 5.41) is 12.5. The number of hydrogen-bond acceptors (Lipinski definition) is 7. The number of nitrogens with zero attached hydrogens (tertiary/aromatic N) is 2. The van der Waals surface area contributed by atoms with Crippen LogP contribution in [0.3, 0.4) is 0 Å². The quantitative estimate of drug-likeness (QED) is 0.579. The number of hydrogen-bond donors (Lipinski definition) is 4. The smallest absolute Gasteiger partial charge is 0.267 e. The molecule has 0 aliphatic carbocycles. The van der Waals surface area contributed by atoms with E-state index in [2.05, 4.69) is 15.3 Å². The number of fused-ring (bicyclic) bond motifs is 1. The highest BCUT2D eigenvalue weighted by Crippen LogP contribution is 2.30. The van der Waals surface area contributed by atoms with Crippen molar-refractivity contribution in [2.75, 3.05) is 11.9 Å². The van der Waals surface area contributed by atoms with Crippen molar-refractivity contribution in [1.82, 2.24) is 9.97 Å². The van der Waals surface area contributed by atoms with E-state index in [1.807, 2.05) is 6.07 Å². The van der Waals surface area contributed by atoms with E-state index < -0.39 is 24.0 Å². The first-order chi connectivity index (χ1) is 12.3. The Kier molecular flexibility index (Phi) is 4.72. The van der Waals surface area contributed by atoms with E-state index in [9.17, 15) is 14.7 Å². The van der Waals surface area contributed by atoms with Gasteiger partial charge in [-0.1, -0.05) is 12.1 Å². The highest BCUT2D eigenvalue weighted by molar-refractivity contribution is 5.92. The fraction of sp³-hybridized carbons (Fsp3) is 0.294. The number of amides is 2. The zero-order valence-corrected chi connectivity index (χ0v) is 14.1. The van der Waals surface area contributed by atoms with Crippen LogP contribution in [0, 0.1) is 0 Å². The molecule has 1 aromatic carbocycles. The number of ether oxygens (including phenoxy) is 1. The van der Waals surface area contributed by atoms with E-state index in [-0.39, 0.29) is 23.9 Å². The number of nitrogens with one attached hydrogen (secondary N) is 1. The summed E-state index contributed by atoms with van der Waals surface area (Å²) in [4.78, 5) is 31.3. The molecule has 0 spiro atoms. The number of aromatic nitrogens is 2. The Morgan fingerprint density at radius 2 is 2.08 bits per heavy atom. The predicted molar refractivity (Wildman–Crippen MR) is 93.5 cm³/mol. The van der Waals surface area contributed by atoms with Crippen molar-refractivity contribution in [2.45, 2.75) is 25.5 Å². The fourth-order valence-corrected chi connectivity index (χ4v) is 2.56. The molecule has 1 aliphatic rings. The number of nitrogens with two attached hydrogens (primary N) is 2. The van der Waals surface area contributed by atoms with Gasteiger partial charge in [-0.05, 0) is 18.6 Å². The Morgan fingerprint density at radius 1 is 1.31 bits per heavy atom. The van der Waals surface area contributed by atoms with E-state index >= 15 is 0 Å². The SMILES string of the molecule is CC(Nc1cc(C(N)=O)nc(-c2ccc3c(c2)OC[C@H](O)C3)n1)C(N)=O. The predicted octanol–water partition coefficient (Wildman–Crippen LogP) is -0.176. The topological polar surface area (TPSA) is 153 Å². The lowest BCUT2D eigenvalue weighted by molar-refractivity contribution is -0.118. The third kappa shape index (κ3) is 3.72. The van der Waals surface area contributed by atoms with Crippen molar-refractivity contribution in [3.8, 4) is 17.1 Å². The molecule has 1 unspecified atom stereocenters. The number of rotatable bonds is 5. The average molecular weight is 357 g/mol. The van der Waals surface area contributed by atoms with E-state index in [4.69, 9.17) is 16.2 Å². The van der Waals surface area contributed by atoms with Gasteiger partial charge in [-0.3, -0.25) is 9.59 Å². The van der Waals surface area contributed by atoms with Gasteiger partial charge in [0.15, 0.2) is 5.82 Å². The minimum Gasteiger partial charge on any atom is -0.491 e. The fourth-order valence-electron chi connectivity index (χ4n) is 2.56. The van der Waals surface area contributed by atoms with E-state index in [1.165, 1.54) is 6.07 Å². The Labute approximate surface area is 149 Å². The molecular formula is C17H19N5O4. The molecule has 9 heteroatoms. The lowest BCUT2D eigenvalue weighted by Crippen LogP contribution is -2.33. The van der Waals surface area contributed by atoms with Gasteiger partial charge in [-0.15, -0.1) is 0 Å². The molecule has 0 radical (unpaired) electrons. The largest absolute Gasteiger partial charge is 0.491 e. The third-order valence-electron chi connectivity index (χ3n) is 3.98. The molecule has 6 N–H and O–H groups in total. The molecule has 0 bridgehead atoms. The van der Waals surface area contributed by atoms with Crippen molar-refractivity contribution in [1.29, 1.82) is 0 Å². The van der Waals surface area contributed by atoms with E-state index in [0.29, 0.717) is 17.7 Å². The van der Waals surface area contributed by atoms with Crippen molar-refractivity contribution in [3.05, 3.63) is 35.5 Å². The van der Waals surface area contributed by atoms with Gasteiger partial charge in [0.1, 0.15) is 29.9 Å². The lowest BCUT2D eigenvalue weighted by atomic mass is 10.0. The lowest BCUT2D eigenvalue weighted by Gasteiger charge is -2.22. The molecule has 2 aromatic rings. The number of aliphatic hydroxyl groups excluding tert-OH is 1. The summed E-state index contributed by atoms with van der Waals surface area (Å²) >= 11 is 0. The first-order valence-electron chi connectivity index (χ1n) is 8.02. The molecule has 2 heterocycles. The number of benzene rings is 1. The molecule has 0 fully saturated rings. The summed E-state index contributed by atoms with van der Waals surface area (Å²) in [6.07, 6.45) is -0.0327. The minimum absolute atomic E-state index is 0.00299. The number of aliphatic hydroxyl groups is 1. The number of anilines is 1. The van der Waals surface area contributed by atoms with Crippen LogP contribution in [-0.2, 0) is 11.2 Å². The molecule has 0 saturated carbocycles. The molecular weight excluding hydrogens is 338 g/mol.